The number of imidazole rings is 1. The summed E-state index contributed by atoms with van der Waals surface area (Å²) in [5, 5.41) is 4.77. The molecule has 2 unspecified atom stereocenters. The second-order valence-corrected chi connectivity index (χ2v) is 5.79. The Labute approximate surface area is 111 Å². The van der Waals surface area contributed by atoms with E-state index >= 15 is 0 Å². The number of aromatic nitrogens is 3. The van der Waals surface area contributed by atoms with Crippen LogP contribution in [0.4, 0.5) is 5.69 Å². The van der Waals surface area contributed by atoms with E-state index in [4.69, 9.17) is 11.6 Å². The zero-order valence-corrected chi connectivity index (χ0v) is 10.8. The van der Waals surface area contributed by atoms with Gasteiger partial charge in [-0.15, -0.1) is 0 Å². The molecule has 1 saturated carbocycles. The molecule has 1 aliphatic heterocycles. The van der Waals surface area contributed by atoms with E-state index in [1.807, 2.05) is 12.3 Å². The Bertz CT molecular complexity index is 582. The fourth-order valence-corrected chi connectivity index (χ4v) is 3.72. The summed E-state index contributed by atoms with van der Waals surface area (Å²) in [6.45, 7) is 2.29. The highest BCUT2D eigenvalue weighted by Crippen LogP contribution is 2.40. The van der Waals surface area contributed by atoms with Crippen molar-refractivity contribution in [2.24, 2.45) is 11.8 Å². The largest absolute Gasteiger partial charge is 0.368 e. The van der Waals surface area contributed by atoms with Gasteiger partial charge in [-0.1, -0.05) is 18.0 Å². The van der Waals surface area contributed by atoms with Gasteiger partial charge in [0.2, 0.25) is 0 Å². The van der Waals surface area contributed by atoms with Gasteiger partial charge in [-0.05, 0) is 24.7 Å². The van der Waals surface area contributed by atoms with Crippen LogP contribution in [0.1, 0.15) is 19.3 Å². The molecule has 3 heterocycles. The maximum atomic E-state index is 6.09. The lowest BCUT2D eigenvalue weighted by molar-refractivity contribution is 0.494. The lowest BCUT2D eigenvalue weighted by atomic mass is 10.0. The minimum absolute atomic E-state index is 0.535. The highest BCUT2D eigenvalue weighted by molar-refractivity contribution is 6.29. The molecule has 2 aliphatic rings. The van der Waals surface area contributed by atoms with Crippen LogP contribution >= 0.6 is 11.6 Å². The van der Waals surface area contributed by atoms with Gasteiger partial charge in [0.15, 0.2) is 10.8 Å². The summed E-state index contributed by atoms with van der Waals surface area (Å²) in [6, 6.07) is 1.95. The first-order chi connectivity index (χ1) is 8.81. The van der Waals surface area contributed by atoms with Crippen LogP contribution in [0.3, 0.4) is 0 Å². The molecular weight excluding hydrogens is 248 g/mol. The number of nitrogens with zero attached hydrogens (tertiary/aromatic N) is 4. The van der Waals surface area contributed by atoms with Crippen LogP contribution < -0.4 is 4.90 Å². The SMILES string of the molecule is Clc1cc(N2CC3CCCC3C2)c2nccn2n1. The molecule has 0 aromatic carbocycles. The number of halogens is 1. The van der Waals surface area contributed by atoms with Crippen molar-refractivity contribution in [2.75, 3.05) is 18.0 Å². The fourth-order valence-electron chi connectivity index (χ4n) is 3.53. The first kappa shape index (κ1) is 10.6. The highest BCUT2D eigenvalue weighted by atomic mass is 35.5. The average molecular weight is 263 g/mol. The van der Waals surface area contributed by atoms with Crippen LogP contribution in [0.5, 0.6) is 0 Å². The van der Waals surface area contributed by atoms with E-state index in [1.54, 1.807) is 10.7 Å². The summed E-state index contributed by atoms with van der Waals surface area (Å²) in [5.74, 6) is 1.74. The van der Waals surface area contributed by atoms with Crippen molar-refractivity contribution < 1.29 is 0 Å². The van der Waals surface area contributed by atoms with Gasteiger partial charge in [0.25, 0.3) is 0 Å². The molecule has 94 valence electrons. The summed E-state index contributed by atoms with van der Waals surface area (Å²) in [6.07, 6.45) is 7.79. The Morgan fingerprint density at radius 3 is 2.78 bits per heavy atom. The minimum atomic E-state index is 0.535. The zero-order chi connectivity index (χ0) is 12.1. The lowest BCUT2D eigenvalue weighted by Gasteiger charge is -2.20. The average Bonchev–Trinajstić information content (AvgIpc) is 3.01. The van der Waals surface area contributed by atoms with Crippen LogP contribution in [0.15, 0.2) is 18.5 Å². The summed E-state index contributed by atoms with van der Waals surface area (Å²) < 4.78 is 1.77. The number of anilines is 1. The van der Waals surface area contributed by atoms with Gasteiger partial charge in [0.1, 0.15) is 0 Å². The first-order valence-electron chi connectivity index (χ1n) is 6.56. The normalized spacial score (nSPS) is 27.1. The van der Waals surface area contributed by atoms with Gasteiger partial charge in [0.05, 0.1) is 5.69 Å². The van der Waals surface area contributed by atoms with Crippen LogP contribution in [0, 0.1) is 11.8 Å². The second kappa shape index (κ2) is 3.85. The zero-order valence-electron chi connectivity index (χ0n) is 10.1. The molecule has 1 saturated heterocycles. The van der Waals surface area contributed by atoms with Crippen molar-refractivity contribution in [1.82, 2.24) is 14.6 Å². The van der Waals surface area contributed by atoms with Crippen molar-refractivity contribution in [2.45, 2.75) is 19.3 Å². The Morgan fingerprint density at radius 1 is 1.22 bits per heavy atom. The van der Waals surface area contributed by atoms with E-state index in [2.05, 4.69) is 15.0 Å². The van der Waals surface area contributed by atoms with E-state index < -0.39 is 0 Å². The molecule has 0 radical (unpaired) electrons. The van der Waals surface area contributed by atoms with Gasteiger partial charge < -0.3 is 4.90 Å². The maximum Gasteiger partial charge on any atom is 0.177 e. The predicted molar refractivity (Wildman–Crippen MR) is 71.0 cm³/mol. The molecule has 5 heteroatoms. The van der Waals surface area contributed by atoms with Crippen molar-refractivity contribution in [1.29, 1.82) is 0 Å². The molecule has 0 bridgehead atoms. The number of hydrogen-bond donors (Lipinski definition) is 0. The third kappa shape index (κ3) is 1.52. The highest BCUT2D eigenvalue weighted by Gasteiger charge is 2.36. The monoisotopic (exact) mass is 262 g/mol. The quantitative estimate of drug-likeness (QED) is 0.792. The van der Waals surface area contributed by atoms with Crippen LogP contribution in [0.25, 0.3) is 5.65 Å². The molecule has 4 nitrogen and oxygen atoms in total. The number of rotatable bonds is 1. The smallest absolute Gasteiger partial charge is 0.177 e. The van der Waals surface area contributed by atoms with Gasteiger partial charge in [0, 0.05) is 31.5 Å². The summed E-state index contributed by atoms with van der Waals surface area (Å²) in [4.78, 5) is 6.83. The van der Waals surface area contributed by atoms with Crippen LogP contribution in [-0.4, -0.2) is 27.7 Å². The Balaban J connectivity index is 1.76. The fraction of sp³-hybridized carbons (Fsp3) is 0.538. The van der Waals surface area contributed by atoms with Crippen LogP contribution in [-0.2, 0) is 0 Å². The van der Waals surface area contributed by atoms with Crippen molar-refractivity contribution in [3.8, 4) is 0 Å². The molecule has 0 spiro atoms. The molecule has 0 N–H and O–H groups in total. The van der Waals surface area contributed by atoms with E-state index in [1.165, 1.54) is 19.3 Å². The molecule has 2 fully saturated rings. The molecule has 2 atom stereocenters. The van der Waals surface area contributed by atoms with Crippen molar-refractivity contribution >= 4 is 22.9 Å². The summed E-state index contributed by atoms with van der Waals surface area (Å²) >= 11 is 6.09. The molecule has 18 heavy (non-hydrogen) atoms. The Morgan fingerprint density at radius 2 is 2.00 bits per heavy atom. The maximum absolute atomic E-state index is 6.09. The molecular formula is C13H15ClN4. The third-order valence-electron chi connectivity index (χ3n) is 4.38. The standard InChI is InChI=1S/C13H15ClN4/c14-12-6-11(13-15-4-5-18(13)16-12)17-7-9-2-1-3-10(9)8-17/h4-6,9-10H,1-3,7-8H2. The minimum Gasteiger partial charge on any atom is -0.368 e. The molecule has 4 rings (SSSR count). The summed E-state index contributed by atoms with van der Waals surface area (Å²) in [7, 11) is 0. The molecule has 2 aromatic rings. The van der Waals surface area contributed by atoms with E-state index in [-0.39, 0.29) is 0 Å². The van der Waals surface area contributed by atoms with Crippen LogP contribution in [0.2, 0.25) is 5.15 Å². The second-order valence-electron chi connectivity index (χ2n) is 5.40. The van der Waals surface area contributed by atoms with E-state index in [9.17, 15) is 0 Å². The van der Waals surface area contributed by atoms with Gasteiger partial charge in [-0.25, -0.2) is 9.50 Å². The molecule has 1 aliphatic carbocycles. The number of hydrogen-bond acceptors (Lipinski definition) is 3. The van der Waals surface area contributed by atoms with Gasteiger partial charge in [-0.3, -0.25) is 0 Å². The van der Waals surface area contributed by atoms with E-state index in [0.29, 0.717) is 5.15 Å². The summed E-state index contributed by atoms with van der Waals surface area (Å²) in [5.41, 5.74) is 2.05. The Kier molecular flexibility index (Phi) is 2.27. The molecule has 0 amide bonds. The van der Waals surface area contributed by atoms with Crippen molar-refractivity contribution in [3.05, 3.63) is 23.6 Å². The predicted octanol–water partition coefficient (Wildman–Crippen LogP) is 2.62. The number of fused-ring (bicyclic) bond motifs is 2. The lowest BCUT2D eigenvalue weighted by Crippen LogP contribution is -2.21. The first-order valence-corrected chi connectivity index (χ1v) is 6.94. The van der Waals surface area contributed by atoms with E-state index in [0.717, 1.165) is 36.3 Å². The van der Waals surface area contributed by atoms with Gasteiger partial charge >= 0.3 is 0 Å². The molecule has 2 aromatic heterocycles. The van der Waals surface area contributed by atoms with Crippen molar-refractivity contribution in [3.63, 3.8) is 0 Å². The third-order valence-corrected chi connectivity index (χ3v) is 4.56. The van der Waals surface area contributed by atoms with Gasteiger partial charge in [-0.2, -0.15) is 5.10 Å². The topological polar surface area (TPSA) is 33.4 Å². The Hall–Kier alpha value is -1.29.